The van der Waals surface area contributed by atoms with Crippen LogP contribution in [0.4, 0.5) is 0 Å². The first kappa shape index (κ1) is 16.5. The Morgan fingerprint density at radius 1 is 1.17 bits per heavy atom. The van der Waals surface area contributed by atoms with E-state index in [9.17, 15) is 8.42 Å². The third-order valence-electron chi connectivity index (χ3n) is 3.47. The highest BCUT2D eigenvalue weighted by atomic mass is 32.2. The van der Waals surface area contributed by atoms with E-state index in [1.807, 2.05) is 19.1 Å². The van der Waals surface area contributed by atoms with Crippen molar-refractivity contribution in [1.82, 2.24) is 9.71 Å². The number of fused-ring (bicyclic) bond motifs is 1. The van der Waals surface area contributed by atoms with Crippen LogP contribution >= 0.6 is 0 Å². The third-order valence-corrected chi connectivity index (χ3v) is 4.89. The highest BCUT2D eigenvalue weighted by molar-refractivity contribution is 7.89. The van der Waals surface area contributed by atoms with E-state index in [0.717, 1.165) is 5.56 Å². The van der Waals surface area contributed by atoms with Crippen molar-refractivity contribution in [1.29, 1.82) is 0 Å². The fourth-order valence-corrected chi connectivity index (χ4v) is 3.36. The van der Waals surface area contributed by atoms with E-state index in [0.29, 0.717) is 29.3 Å². The molecule has 0 aliphatic heterocycles. The van der Waals surface area contributed by atoms with Gasteiger partial charge in [0, 0.05) is 13.5 Å². The SMILES string of the molecule is CCOc1ccc(S(=O)(=O)NCc2ccc3oc(C)nc3c2)cc1. The summed E-state index contributed by atoms with van der Waals surface area (Å²) in [4.78, 5) is 4.44. The van der Waals surface area contributed by atoms with Crippen LogP contribution in [-0.2, 0) is 16.6 Å². The Balaban J connectivity index is 1.73. The Morgan fingerprint density at radius 2 is 1.92 bits per heavy atom. The Bertz CT molecular complexity index is 946. The van der Waals surface area contributed by atoms with Gasteiger partial charge in [-0.2, -0.15) is 0 Å². The first-order valence-electron chi connectivity index (χ1n) is 7.56. The number of ether oxygens (including phenoxy) is 1. The summed E-state index contributed by atoms with van der Waals surface area (Å²) < 4.78 is 38.0. The first-order chi connectivity index (χ1) is 11.5. The molecule has 6 nitrogen and oxygen atoms in total. The zero-order chi connectivity index (χ0) is 17.2. The van der Waals surface area contributed by atoms with Gasteiger partial charge < -0.3 is 9.15 Å². The number of sulfonamides is 1. The number of nitrogens with zero attached hydrogens (tertiary/aromatic N) is 1. The van der Waals surface area contributed by atoms with Crippen molar-refractivity contribution >= 4 is 21.1 Å². The molecule has 7 heteroatoms. The number of benzene rings is 2. The quantitative estimate of drug-likeness (QED) is 0.742. The molecular formula is C17H18N2O4S. The van der Waals surface area contributed by atoms with Gasteiger partial charge in [-0.25, -0.2) is 18.1 Å². The second-order valence-electron chi connectivity index (χ2n) is 5.26. The van der Waals surface area contributed by atoms with Crippen LogP contribution in [-0.4, -0.2) is 20.0 Å². The Labute approximate surface area is 140 Å². The van der Waals surface area contributed by atoms with Crippen molar-refractivity contribution < 1.29 is 17.6 Å². The molecule has 0 bridgehead atoms. The van der Waals surface area contributed by atoms with Crippen LogP contribution in [0.3, 0.4) is 0 Å². The van der Waals surface area contributed by atoms with Crippen LogP contribution in [0, 0.1) is 6.92 Å². The van der Waals surface area contributed by atoms with Gasteiger partial charge in [0.15, 0.2) is 11.5 Å². The molecule has 3 aromatic rings. The minimum absolute atomic E-state index is 0.178. The minimum atomic E-state index is -3.59. The lowest BCUT2D eigenvalue weighted by atomic mass is 10.2. The molecule has 0 radical (unpaired) electrons. The average molecular weight is 346 g/mol. The number of aryl methyl sites for hydroxylation is 1. The maximum atomic E-state index is 12.4. The predicted octanol–water partition coefficient (Wildman–Crippen LogP) is 3.01. The lowest BCUT2D eigenvalue weighted by Gasteiger charge is -2.08. The zero-order valence-corrected chi connectivity index (χ0v) is 14.3. The van der Waals surface area contributed by atoms with Crippen molar-refractivity contribution in [3.05, 3.63) is 53.9 Å². The number of oxazole rings is 1. The van der Waals surface area contributed by atoms with Gasteiger partial charge in [0.05, 0.1) is 11.5 Å². The Hall–Kier alpha value is -2.38. The number of hydrogen-bond donors (Lipinski definition) is 1. The van der Waals surface area contributed by atoms with Crippen LogP contribution in [0.2, 0.25) is 0 Å². The maximum Gasteiger partial charge on any atom is 0.240 e. The molecule has 1 heterocycles. The minimum Gasteiger partial charge on any atom is -0.494 e. The lowest BCUT2D eigenvalue weighted by Crippen LogP contribution is -2.23. The smallest absolute Gasteiger partial charge is 0.240 e. The summed E-state index contributed by atoms with van der Waals surface area (Å²) in [5.41, 5.74) is 2.21. The monoisotopic (exact) mass is 346 g/mol. The Kier molecular flexibility index (Phi) is 4.55. The predicted molar refractivity (Wildman–Crippen MR) is 90.4 cm³/mol. The zero-order valence-electron chi connectivity index (χ0n) is 13.4. The molecule has 1 N–H and O–H groups in total. The van der Waals surface area contributed by atoms with Gasteiger partial charge in [-0.3, -0.25) is 0 Å². The maximum absolute atomic E-state index is 12.4. The van der Waals surface area contributed by atoms with Gasteiger partial charge >= 0.3 is 0 Å². The molecule has 0 spiro atoms. The largest absolute Gasteiger partial charge is 0.494 e. The van der Waals surface area contributed by atoms with Crippen LogP contribution in [0.25, 0.3) is 11.1 Å². The molecule has 24 heavy (non-hydrogen) atoms. The molecule has 3 rings (SSSR count). The van der Waals surface area contributed by atoms with E-state index in [1.54, 1.807) is 25.1 Å². The molecule has 0 saturated heterocycles. The van der Waals surface area contributed by atoms with Gasteiger partial charge in [-0.15, -0.1) is 0 Å². The molecular weight excluding hydrogens is 328 g/mol. The van der Waals surface area contributed by atoms with E-state index in [1.165, 1.54) is 12.1 Å². The molecule has 2 aromatic carbocycles. The van der Waals surface area contributed by atoms with Crippen molar-refractivity contribution in [2.45, 2.75) is 25.3 Å². The summed E-state index contributed by atoms with van der Waals surface area (Å²) >= 11 is 0. The fourth-order valence-electron chi connectivity index (χ4n) is 2.34. The number of rotatable bonds is 6. The molecule has 126 valence electrons. The second kappa shape index (κ2) is 6.62. The van der Waals surface area contributed by atoms with Crippen LogP contribution in [0.1, 0.15) is 18.4 Å². The molecule has 0 aliphatic rings. The van der Waals surface area contributed by atoms with Gasteiger partial charge in [-0.05, 0) is 48.9 Å². The van der Waals surface area contributed by atoms with Gasteiger partial charge in [0.25, 0.3) is 0 Å². The first-order valence-corrected chi connectivity index (χ1v) is 9.05. The van der Waals surface area contributed by atoms with E-state index >= 15 is 0 Å². The van der Waals surface area contributed by atoms with E-state index < -0.39 is 10.0 Å². The summed E-state index contributed by atoms with van der Waals surface area (Å²) in [6.07, 6.45) is 0. The number of aromatic nitrogens is 1. The van der Waals surface area contributed by atoms with Crippen LogP contribution in [0.5, 0.6) is 5.75 Å². The molecule has 0 aliphatic carbocycles. The summed E-state index contributed by atoms with van der Waals surface area (Å²) in [6, 6.07) is 11.7. The second-order valence-corrected chi connectivity index (χ2v) is 7.03. The summed E-state index contributed by atoms with van der Waals surface area (Å²) in [7, 11) is -3.59. The van der Waals surface area contributed by atoms with E-state index in [4.69, 9.17) is 9.15 Å². The van der Waals surface area contributed by atoms with Gasteiger partial charge in [-0.1, -0.05) is 6.07 Å². The van der Waals surface area contributed by atoms with E-state index in [2.05, 4.69) is 9.71 Å². The highest BCUT2D eigenvalue weighted by Gasteiger charge is 2.14. The molecule has 0 unspecified atom stereocenters. The molecule has 1 aromatic heterocycles. The van der Waals surface area contributed by atoms with Gasteiger partial charge in [0.1, 0.15) is 11.3 Å². The normalized spacial score (nSPS) is 11.8. The summed E-state index contributed by atoms with van der Waals surface area (Å²) in [5, 5.41) is 0. The van der Waals surface area contributed by atoms with Crippen molar-refractivity contribution in [3.8, 4) is 5.75 Å². The van der Waals surface area contributed by atoms with E-state index in [-0.39, 0.29) is 11.4 Å². The average Bonchev–Trinajstić information content (AvgIpc) is 2.93. The summed E-state index contributed by atoms with van der Waals surface area (Å²) in [5.74, 6) is 1.22. The Morgan fingerprint density at radius 3 is 2.62 bits per heavy atom. The highest BCUT2D eigenvalue weighted by Crippen LogP contribution is 2.18. The van der Waals surface area contributed by atoms with Crippen LogP contribution in [0.15, 0.2) is 51.8 Å². The molecule has 0 amide bonds. The van der Waals surface area contributed by atoms with Crippen molar-refractivity contribution in [2.75, 3.05) is 6.61 Å². The van der Waals surface area contributed by atoms with Crippen molar-refractivity contribution in [2.24, 2.45) is 0 Å². The number of nitrogens with one attached hydrogen (secondary N) is 1. The third kappa shape index (κ3) is 3.58. The van der Waals surface area contributed by atoms with Crippen LogP contribution < -0.4 is 9.46 Å². The topological polar surface area (TPSA) is 81.4 Å². The molecule has 0 atom stereocenters. The standard InChI is InChI=1S/C17H18N2O4S/c1-3-22-14-5-7-15(8-6-14)24(20,21)18-11-13-4-9-17-16(10-13)19-12(2)23-17/h4-10,18H,3,11H2,1-2H3. The lowest BCUT2D eigenvalue weighted by molar-refractivity contribution is 0.340. The molecule has 0 fully saturated rings. The van der Waals surface area contributed by atoms with Crippen molar-refractivity contribution in [3.63, 3.8) is 0 Å². The fraction of sp³-hybridized carbons (Fsp3) is 0.235. The summed E-state index contributed by atoms with van der Waals surface area (Å²) in [6.45, 7) is 4.36. The number of hydrogen-bond acceptors (Lipinski definition) is 5. The van der Waals surface area contributed by atoms with Gasteiger partial charge in [0.2, 0.25) is 10.0 Å². The molecule has 0 saturated carbocycles.